The molecular formula is C14H18FN3S. The SMILES string of the molecule is CCSC1CCCC1Nc1nc2ccc(F)cc2[nH]1. The quantitative estimate of drug-likeness (QED) is 0.894. The van der Waals surface area contributed by atoms with Crippen LogP contribution < -0.4 is 5.32 Å². The number of aromatic nitrogens is 2. The molecule has 0 amide bonds. The lowest BCUT2D eigenvalue weighted by atomic mass is 10.2. The fraction of sp³-hybridized carbons (Fsp3) is 0.500. The van der Waals surface area contributed by atoms with Gasteiger partial charge in [0, 0.05) is 11.3 Å². The van der Waals surface area contributed by atoms with Crippen molar-refractivity contribution in [3.8, 4) is 0 Å². The number of hydrogen-bond acceptors (Lipinski definition) is 3. The standard InChI is InChI=1S/C14H18FN3S/c1-2-19-13-5-3-4-11(13)17-14-16-10-7-6-9(15)8-12(10)18-14/h6-8,11,13H,2-5H2,1H3,(H2,16,17,18). The molecule has 0 radical (unpaired) electrons. The molecule has 1 aromatic heterocycles. The number of hydrogen-bond donors (Lipinski definition) is 2. The molecule has 2 atom stereocenters. The van der Waals surface area contributed by atoms with E-state index in [1.165, 1.54) is 31.4 Å². The van der Waals surface area contributed by atoms with E-state index in [1.807, 2.05) is 11.8 Å². The Morgan fingerprint density at radius 3 is 3.21 bits per heavy atom. The van der Waals surface area contributed by atoms with Crippen molar-refractivity contribution in [2.45, 2.75) is 37.5 Å². The van der Waals surface area contributed by atoms with Gasteiger partial charge in [0.15, 0.2) is 0 Å². The predicted octanol–water partition coefficient (Wildman–Crippen LogP) is 3.79. The van der Waals surface area contributed by atoms with Gasteiger partial charge in [0.1, 0.15) is 5.82 Å². The van der Waals surface area contributed by atoms with Crippen LogP contribution in [0.25, 0.3) is 11.0 Å². The van der Waals surface area contributed by atoms with Crippen molar-refractivity contribution in [2.75, 3.05) is 11.1 Å². The van der Waals surface area contributed by atoms with Crippen LogP contribution in [0.3, 0.4) is 0 Å². The highest BCUT2D eigenvalue weighted by Gasteiger charge is 2.27. The summed E-state index contributed by atoms with van der Waals surface area (Å²) in [4.78, 5) is 7.62. The van der Waals surface area contributed by atoms with Crippen LogP contribution in [-0.4, -0.2) is 27.0 Å². The first kappa shape index (κ1) is 12.8. The van der Waals surface area contributed by atoms with Crippen molar-refractivity contribution in [3.05, 3.63) is 24.0 Å². The third-order valence-electron chi connectivity index (χ3n) is 3.60. The van der Waals surface area contributed by atoms with E-state index in [0.717, 1.165) is 22.7 Å². The fourth-order valence-corrected chi connectivity index (χ4v) is 3.93. The van der Waals surface area contributed by atoms with Crippen molar-refractivity contribution in [1.29, 1.82) is 0 Å². The van der Waals surface area contributed by atoms with Gasteiger partial charge in [-0.05, 0) is 36.8 Å². The van der Waals surface area contributed by atoms with Crippen LogP contribution in [0.4, 0.5) is 10.3 Å². The Hall–Kier alpha value is -1.23. The molecule has 3 nitrogen and oxygen atoms in total. The Labute approximate surface area is 116 Å². The fourth-order valence-electron chi connectivity index (χ4n) is 2.73. The van der Waals surface area contributed by atoms with E-state index in [4.69, 9.17) is 0 Å². The Bertz CT molecular complexity index is 569. The van der Waals surface area contributed by atoms with Crippen LogP contribution >= 0.6 is 11.8 Å². The molecule has 19 heavy (non-hydrogen) atoms. The first-order valence-electron chi connectivity index (χ1n) is 6.79. The van der Waals surface area contributed by atoms with Crippen LogP contribution in [0.15, 0.2) is 18.2 Å². The number of anilines is 1. The molecule has 0 bridgehead atoms. The number of benzene rings is 1. The van der Waals surface area contributed by atoms with Crippen molar-refractivity contribution < 1.29 is 4.39 Å². The zero-order valence-electron chi connectivity index (χ0n) is 10.9. The highest BCUT2D eigenvalue weighted by molar-refractivity contribution is 7.99. The van der Waals surface area contributed by atoms with Crippen LogP contribution in [0.5, 0.6) is 0 Å². The minimum atomic E-state index is -0.233. The summed E-state index contributed by atoms with van der Waals surface area (Å²) in [7, 11) is 0. The van der Waals surface area contributed by atoms with E-state index in [-0.39, 0.29) is 5.82 Å². The summed E-state index contributed by atoms with van der Waals surface area (Å²) in [6.45, 7) is 2.20. The van der Waals surface area contributed by atoms with Crippen LogP contribution in [0.1, 0.15) is 26.2 Å². The molecule has 1 aliphatic carbocycles. The van der Waals surface area contributed by atoms with Gasteiger partial charge in [-0.25, -0.2) is 9.37 Å². The second-order valence-corrected chi connectivity index (χ2v) is 6.44. The lowest BCUT2D eigenvalue weighted by Gasteiger charge is -2.19. The summed E-state index contributed by atoms with van der Waals surface area (Å²) in [6.07, 6.45) is 3.72. The van der Waals surface area contributed by atoms with E-state index < -0.39 is 0 Å². The number of fused-ring (bicyclic) bond motifs is 1. The molecule has 2 aromatic rings. The van der Waals surface area contributed by atoms with Crippen LogP contribution in [-0.2, 0) is 0 Å². The molecule has 102 valence electrons. The third kappa shape index (κ3) is 2.71. The van der Waals surface area contributed by atoms with Crippen molar-refractivity contribution in [3.63, 3.8) is 0 Å². The van der Waals surface area contributed by atoms with Crippen LogP contribution in [0.2, 0.25) is 0 Å². The summed E-state index contributed by atoms with van der Waals surface area (Å²) >= 11 is 2.01. The van der Waals surface area contributed by atoms with E-state index in [1.54, 1.807) is 6.07 Å². The molecule has 5 heteroatoms. The Balaban J connectivity index is 1.77. The van der Waals surface area contributed by atoms with Crippen molar-refractivity contribution >= 4 is 28.7 Å². The number of halogens is 1. The zero-order chi connectivity index (χ0) is 13.2. The number of imidazole rings is 1. The van der Waals surface area contributed by atoms with Gasteiger partial charge in [0.05, 0.1) is 11.0 Å². The number of aromatic amines is 1. The molecular weight excluding hydrogens is 261 g/mol. The van der Waals surface area contributed by atoms with E-state index in [2.05, 4.69) is 22.2 Å². The van der Waals surface area contributed by atoms with Gasteiger partial charge >= 0.3 is 0 Å². The van der Waals surface area contributed by atoms with E-state index in [9.17, 15) is 4.39 Å². The van der Waals surface area contributed by atoms with Gasteiger partial charge in [0.2, 0.25) is 5.95 Å². The second-order valence-electron chi connectivity index (χ2n) is 4.92. The number of rotatable bonds is 4. The molecule has 0 spiro atoms. The molecule has 2 unspecified atom stereocenters. The smallest absolute Gasteiger partial charge is 0.201 e. The van der Waals surface area contributed by atoms with E-state index in [0.29, 0.717) is 11.3 Å². The minimum Gasteiger partial charge on any atom is -0.352 e. The Kier molecular flexibility index (Phi) is 3.64. The predicted molar refractivity (Wildman–Crippen MR) is 79.2 cm³/mol. The van der Waals surface area contributed by atoms with E-state index >= 15 is 0 Å². The third-order valence-corrected chi connectivity index (χ3v) is 4.93. The molecule has 1 heterocycles. The first-order chi connectivity index (χ1) is 9.26. The average molecular weight is 279 g/mol. The van der Waals surface area contributed by atoms with Gasteiger partial charge in [-0.1, -0.05) is 13.3 Å². The second kappa shape index (κ2) is 5.41. The number of thioether (sulfide) groups is 1. The summed E-state index contributed by atoms with van der Waals surface area (Å²) in [5, 5.41) is 4.14. The van der Waals surface area contributed by atoms with Gasteiger partial charge in [-0.15, -0.1) is 0 Å². The van der Waals surface area contributed by atoms with Crippen LogP contribution in [0, 0.1) is 5.82 Å². The normalized spacial score (nSPS) is 23.1. The molecule has 1 saturated carbocycles. The van der Waals surface area contributed by atoms with Gasteiger partial charge in [-0.2, -0.15) is 11.8 Å². The summed E-state index contributed by atoms with van der Waals surface area (Å²) in [6, 6.07) is 5.10. The molecule has 1 aliphatic rings. The maximum atomic E-state index is 13.1. The van der Waals surface area contributed by atoms with Gasteiger partial charge in [0.25, 0.3) is 0 Å². The average Bonchev–Trinajstić information content (AvgIpc) is 2.97. The molecule has 0 saturated heterocycles. The molecule has 3 rings (SSSR count). The maximum Gasteiger partial charge on any atom is 0.201 e. The topological polar surface area (TPSA) is 40.7 Å². The molecule has 0 aliphatic heterocycles. The summed E-state index contributed by atoms with van der Waals surface area (Å²) in [5.41, 5.74) is 1.56. The lowest BCUT2D eigenvalue weighted by molar-refractivity contribution is 0.629. The van der Waals surface area contributed by atoms with Gasteiger partial charge < -0.3 is 10.3 Å². The molecule has 1 aromatic carbocycles. The number of H-pyrrole nitrogens is 1. The maximum absolute atomic E-state index is 13.1. The summed E-state index contributed by atoms with van der Waals surface area (Å²) in [5.74, 6) is 1.67. The largest absolute Gasteiger partial charge is 0.352 e. The molecule has 1 fully saturated rings. The monoisotopic (exact) mass is 279 g/mol. The zero-order valence-corrected chi connectivity index (χ0v) is 11.8. The Morgan fingerprint density at radius 1 is 1.47 bits per heavy atom. The number of nitrogens with zero attached hydrogens (tertiary/aromatic N) is 1. The summed E-state index contributed by atoms with van der Waals surface area (Å²) < 4.78 is 13.1. The highest BCUT2D eigenvalue weighted by Crippen LogP contribution is 2.31. The van der Waals surface area contributed by atoms with Crippen molar-refractivity contribution in [1.82, 2.24) is 9.97 Å². The molecule has 2 N–H and O–H groups in total. The number of nitrogens with one attached hydrogen (secondary N) is 2. The van der Waals surface area contributed by atoms with Gasteiger partial charge in [-0.3, -0.25) is 0 Å². The van der Waals surface area contributed by atoms with Crippen molar-refractivity contribution in [2.24, 2.45) is 0 Å². The Morgan fingerprint density at radius 2 is 2.37 bits per heavy atom. The first-order valence-corrected chi connectivity index (χ1v) is 7.84. The lowest BCUT2D eigenvalue weighted by Crippen LogP contribution is -2.26. The minimum absolute atomic E-state index is 0.233. The highest BCUT2D eigenvalue weighted by atomic mass is 32.2.